The fourth-order valence-corrected chi connectivity index (χ4v) is 2.58. The Morgan fingerprint density at radius 1 is 1.38 bits per heavy atom. The molecule has 2 heterocycles. The van der Waals surface area contributed by atoms with E-state index in [0.717, 1.165) is 50.2 Å². The number of pyridine rings is 1. The molecule has 1 aromatic heterocycles. The number of nitrogens with zero attached hydrogens (tertiary/aromatic N) is 3. The van der Waals surface area contributed by atoms with Gasteiger partial charge in [0.15, 0.2) is 5.96 Å². The van der Waals surface area contributed by atoms with E-state index < -0.39 is 0 Å². The minimum Gasteiger partial charge on any atom is -0.357 e. The van der Waals surface area contributed by atoms with Crippen LogP contribution in [0.15, 0.2) is 23.3 Å². The molecule has 0 atom stereocenters. The van der Waals surface area contributed by atoms with Crippen LogP contribution in [0, 0.1) is 12.8 Å². The zero-order chi connectivity index (χ0) is 15.1. The van der Waals surface area contributed by atoms with Crippen LogP contribution in [0.25, 0.3) is 0 Å². The van der Waals surface area contributed by atoms with Gasteiger partial charge in [-0.1, -0.05) is 13.0 Å². The van der Waals surface area contributed by atoms with Crippen molar-refractivity contribution in [3.8, 4) is 0 Å². The number of hydrogen-bond donors (Lipinski definition) is 1. The molecule has 1 aliphatic heterocycles. The second-order valence-corrected chi connectivity index (χ2v) is 5.96. The molecular formula is C17H28N4. The third-order valence-electron chi connectivity index (χ3n) is 4.05. The Labute approximate surface area is 128 Å². The molecule has 1 N–H and O–H groups in total. The van der Waals surface area contributed by atoms with E-state index in [2.05, 4.69) is 41.2 Å². The van der Waals surface area contributed by atoms with Crippen LogP contribution in [0.3, 0.4) is 0 Å². The lowest BCUT2D eigenvalue weighted by Crippen LogP contribution is -2.45. The molecule has 0 spiro atoms. The summed E-state index contributed by atoms with van der Waals surface area (Å²) in [5, 5.41) is 3.42. The van der Waals surface area contributed by atoms with Crippen molar-refractivity contribution in [1.82, 2.24) is 15.2 Å². The number of likely N-dealkylation sites (tertiary alicyclic amines) is 1. The second kappa shape index (κ2) is 8.01. The van der Waals surface area contributed by atoms with Crippen molar-refractivity contribution in [1.29, 1.82) is 0 Å². The number of nitrogens with one attached hydrogen (secondary N) is 1. The van der Waals surface area contributed by atoms with Crippen molar-refractivity contribution in [2.45, 2.75) is 40.0 Å². The standard InChI is InChI=1S/C17H28N4/c1-4-18-17(21-11-8-14(2)9-12-21)19-10-7-16-6-5-15(3)20-13-16/h5-6,13-14H,4,7-12H2,1-3H3,(H,18,19). The fourth-order valence-electron chi connectivity index (χ4n) is 2.58. The molecule has 4 nitrogen and oxygen atoms in total. The summed E-state index contributed by atoms with van der Waals surface area (Å²) in [6.07, 6.45) is 5.45. The highest BCUT2D eigenvalue weighted by atomic mass is 15.3. The maximum absolute atomic E-state index is 4.78. The van der Waals surface area contributed by atoms with Gasteiger partial charge < -0.3 is 10.2 Å². The van der Waals surface area contributed by atoms with E-state index in [4.69, 9.17) is 4.99 Å². The van der Waals surface area contributed by atoms with Gasteiger partial charge in [0.05, 0.1) is 0 Å². The van der Waals surface area contributed by atoms with Gasteiger partial charge in [-0.15, -0.1) is 0 Å². The molecule has 1 aliphatic rings. The van der Waals surface area contributed by atoms with Crippen molar-refractivity contribution in [3.63, 3.8) is 0 Å². The molecule has 0 saturated carbocycles. The average Bonchev–Trinajstić information content (AvgIpc) is 2.49. The lowest BCUT2D eigenvalue weighted by molar-refractivity contribution is 0.273. The van der Waals surface area contributed by atoms with Gasteiger partial charge in [-0.3, -0.25) is 9.98 Å². The Morgan fingerprint density at radius 3 is 2.76 bits per heavy atom. The maximum Gasteiger partial charge on any atom is 0.193 e. The molecule has 21 heavy (non-hydrogen) atoms. The molecule has 116 valence electrons. The second-order valence-electron chi connectivity index (χ2n) is 5.96. The lowest BCUT2D eigenvalue weighted by atomic mass is 10.00. The first-order valence-corrected chi connectivity index (χ1v) is 8.14. The summed E-state index contributed by atoms with van der Waals surface area (Å²) in [6.45, 7) is 10.5. The van der Waals surface area contributed by atoms with Gasteiger partial charge in [0.2, 0.25) is 0 Å². The van der Waals surface area contributed by atoms with E-state index in [1.54, 1.807) is 0 Å². The smallest absolute Gasteiger partial charge is 0.193 e. The molecule has 2 rings (SSSR count). The van der Waals surface area contributed by atoms with E-state index in [0.29, 0.717) is 0 Å². The fraction of sp³-hybridized carbons (Fsp3) is 0.647. The highest BCUT2D eigenvalue weighted by Gasteiger charge is 2.18. The molecule has 1 aromatic rings. The van der Waals surface area contributed by atoms with Crippen LogP contribution in [-0.2, 0) is 6.42 Å². The number of aliphatic imine (C=N–C) groups is 1. The SMILES string of the molecule is CCNC(=NCCc1ccc(C)nc1)N1CCC(C)CC1. The van der Waals surface area contributed by atoms with Crippen LogP contribution in [0.4, 0.5) is 0 Å². The highest BCUT2D eigenvalue weighted by molar-refractivity contribution is 5.80. The highest BCUT2D eigenvalue weighted by Crippen LogP contribution is 2.15. The van der Waals surface area contributed by atoms with E-state index in [-0.39, 0.29) is 0 Å². The molecule has 0 aliphatic carbocycles. The first-order chi connectivity index (χ1) is 10.2. The van der Waals surface area contributed by atoms with Crippen LogP contribution in [-0.4, -0.2) is 42.0 Å². The number of guanidine groups is 1. The van der Waals surface area contributed by atoms with E-state index >= 15 is 0 Å². The summed E-state index contributed by atoms with van der Waals surface area (Å²) in [5.74, 6) is 1.92. The third kappa shape index (κ3) is 5.03. The Bertz CT molecular complexity index is 444. The summed E-state index contributed by atoms with van der Waals surface area (Å²) in [4.78, 5) is 11.5. The zero-order valence-corrected chi connectivity index (χ0v) is 13.6. The molecule has 0 amide bonds. The van der Waals surface area contributed by atoms with Crippen molar-refractivity contribution < 1.29 is 0 Å². The van der Waals surface area contributed by atoms with Crippen molar-refractivity contribution in [2.75, 3.05) is 26.2 Å². The minimum atomic E-state index is 0.819. The summed E-state index contributed by atoms with van der Waals surface area (Å²) in [7, 11) is 0. The third-order valence-corrected chi connectivity index (χ3v) is 4.05. The first kappa shape index (κ1) is 15.8. The van der Waals surface area contributed by atoms with E-state index in [1.165, 1.54) is 18.4 Å². The predicted octanol–water partition coefficient (Wildman–Crippen LogP) is 2.63. The minimum absolute atomic E-state index is 0.819. The number of aryl methyl sites for hydroxylation is 1. The van der Waals surface area contributed by atoms with Crippen LogP contribution in [0.5, 0.6) is 0 Å². The van der Waals surface area contributed by atoms with Crippen molar-refractivity contribution in [2.24, 2.45) is 10.9 Å². The molecular weight excluding hydrogens is 260 g/mol. The van der Waals surface area contributed by atoms with E-state index in [9.17, 15) is 0 Å². The maximum atomic E-state index is 4.78. The summed E-state index contributed by atoms with van der Waals surface area (Å²) in [5.41, 5.74) is 2.32. The predicted molar refractivity (Wildman–Crippen MR) is 88.6 cm³/mol. The van der Waals surface area contributed by atoms with Crippen LogP contribution < -0.4 is 5.32 Å². The number of rotatable bonds is 4. The Balaban J connectivity index is 1.89. The quantitative estimate of drug-likeness (QED) is 0.684. The molecule has 4 heteroatoms. The lowest BCUT2D eigenvalue weighted by Gasteiger charge is -2.33. The molecule has 0 unspecified atom stereocenters. The number of aromatic nitrogens is 1. The van der Waals surface area contributed by atoms with Gasteiger partial charge in [-0.05, 0) is 50.7 Å². The monoisotopic (exact) mass is 288 g/mol. The number of hydrogen-bond acceptors (Lipinski definition) is 2. The van der Waals surface area contributed by atoms with Crippen molar-refractivity contribution in [3.05, 3.63) is 29.6 Å². The van der Waals surface area contributed by atoms with Gasteiger partial charge in [-0.2, -0.15) is 0 Å². The summed E-state index contributed by atoms with van der Waals surface area (Å²) >= 11 is 0. The van der Waals surface area contributed by atoms with E-state index in [1.807, 2.05) is 13.1 Å². The normalized spacial score (nSPS) is 17.1. The Hall–Kier alpha value is -1.58. The number of piperidine rings is 1. The Kier molecular flexibility index (Phi) is 6.03. The van der Waals surface area contributed by atoms with Gasteiger partial charge in [0.25, 0.3) is 0 Å². The summed E-state index contributed by atoms with van der Waals surface area (Å²) in [6, 6.07) is 4.21. The Morgan fingerprint density at radius 2 is 2.14 bits per heavy atom. The topological polar surface area (TPSA) is 40.5 Å². The first-order valence-electron chi connectivity index (χ1n) is 8.14. The van der Waals surface area contributed by atoms with Gasteiger partial charge >= 0.3 is 0 Å². The van der Waals surface area contributed by atoms with Gasteiger partial charge in [0.1, 0.15) is 0 Å². The zero-order valence-electron chi connectivity index (χ0n) is 13.6. The average molecular weight is 288 g/mol. The van der Waals surface area contributed by atoms with Crippen LogP contribution in [0.2, 0.25) is 0 Å². The van der Waals surface area contributed by atoms with Crippen LogP contribution in [0.1, 0.15) is 37.9 Å². The largest absolute Gasteiger partial charge is 0.357 e. The van der Waals surface area contributed by atoms with Gasteiger partial charge in [-0.25, -0.2) is 0 Å². The molecule has 0 bridgehead atoms. The molecule has 0 radical (unpaired) electrons. The summed E-state index contributed by atoms with van der Waals surface area (Å²) < 4.78 is 0. The molecule has 1 saturated heterocycles. The van der Waals surface area contributed by atoms with Crippen LogP contribution >= 0.6 is 0 Å². The molecule has 0 aromatic carbocycles. The van der Waals surface area contributed by atoms with Crippen molar-refractivity contribution >= 4 is 5.96 Å². The van der Waals surface area contributed by atoms with Gasteiger partial charge in [0, 0.05) is 38.1 Å². The molecule has 1 fully saturated rings.